The van der Waals surface area contributed by atoms with Crippen molar-refractivity contribution >= 4 is 36.0 Å². The Bertz CT molecular complexity index is 847. The maximum Gasteiger partial charge on any atom is 0.239 e. The van der Waals surface area contributed by atoms with E-state index < -0.39 is 11.9 Å². The maximum absolute atomic E-state index is 11.3. The van der Waals surface area contributed by atoms with Crippen LogP contribution in [0.1, 0.15) is 31.7 Å². The van der Waals surface area contributed by atoms with Crippen molar-refractivity contribution in [2.24, 2.45) is 10.7 Å². The van der Waals surface area contributed by atoms with Crippen molar-refractivity contribution in [3.8, 4) is 5.69 Å². The van der Waals surface area contributed by atoms with Crippen LogP contribution in [-0.2, 0) is 9.59 Å². The third kappa shape index (κ3) is 7.88. The van der Waals surface area contributed by atoms with Crippen LogP contribution < -0.4 is 16.4 Å². The van der Waals surface area contributed by atoms with Gasteiger partial charge in [0.1, 0.15) is 6.04 Å². The molecule has 0 saturated carbocycles. The second-order valence-corrected chi connectivity index (χ2v) is 7.62. The highest BCUT2D eigenvalue weighted by Gasteiger charge is 2.15. The first-order valence-corrected chi connectivity index (χ1v) is 10.9. The molecule has 2 aromatic rings. The van der Waals surface area contributed by atoms with Crippen molar-refractivity contribution in [1.29, 1.82) is 0 Å². The predicted molar refractivity (Wildman–Crippen MR) is 124 cm³/mol. The summed E-state index contributed by atoms with van der Waals surface area (Å²) in [5, 5.41) is 7.90. The lowest BCUT2D eigenvalue weighted by Crippen LogP contribution is -2.43. The minimum absolute atomic E-state index is 0.244. The summed E-state index contributed by atoms with van der Waals surface area (Å²) in [6.07, 6.45) is 6.25. The molecular weight excluding hydrogens is 398 g/mol. The smallest absolute Gasteiger partial charge is 0.239 e. The number of carbonyl (C=O) groups is 2. The summed E-state index contributed by atoms with van der Waals surface area (Å²) >= 11 is 1.62. The van der Waals surface area contributed by atoms with Crippen LogP contribution >= 0.6 is 11.8 Å². The number of amides is 2. The summed E-state index contributed by atoms with van der Waals surface area (Å²) in [6, 6.07) is 11.6. The zero-order valence-corrected chi connectivity index (χ0v) is 18.0. The highest BCUT2D eigenvalue weighted by Crippen LogP contribution is 2.21. The summed E-state index contributed by atoms with van der Waals surface area (Å²) in [7, 11) is 0. The molecule has 1 heterocycles. The van der Waals surface area contributed by atoms with E-state index in [9.17, 15) is 9.59 Å². The molecule has 0 saturated heterocycles. The second-order valence-electron chi connectivity index (χ2n) is 6.76. The van der Waals surface area contributed by atoms with Crippen molar-refractivity contribution in [1.82, 2.24) is 15.2 Å². The van der Waals surface area contributed by atoms with Crippen molar-refractivity contribution in [3.63, 3.8) is 0 Å². The number of hydrogen-bond acceptors (Lipinski definition) is 5. The van der Waals surface area contributed by atoms with Crippen LogP contribution in [0.2, 0.25) is 0 Å². The molecule has 4 N–H and O–H groups in total. The fraction of sp³-hybridized carbons (Fsp3) is 0.318. The molecule has 0 radical (unpaired) electrons. The predicted octanol–water partition coefficient (Wildman–Crippen LogP) is 2.92. The number of carbonyl (C=O) groups excluding carboxylic acids is 2. The first-order chi connectivity index (χ1) is 14.5. The number of unbranched alkanes of at least 4 members (excludes halogenated alkanes) is 1. The van der Waals surface area contributed by atoms with Gasteiger partial charge in [-0.15, -0.1) is 11.8 Å². The van der Waals surface area contributed by atoms with Gasteiger partial charge < -0.3 is 20.9 Å². The van der Waals surface area contributed by atoms with Crippen LogP contribution in [0.5, 0.6) is 0 Å². The summed E-state index contributed by atoms with van der Waals surface area (Å²) in [6.45, 7) is 5.87. The quantitative estimate of drug-likeness (QED) is 0.260. The number of benzene rings is 1. The highest BCUT2D eigenvalue weighted by molar-refractivity contribution is 8.02. The summed E-state index contributed by atoms with van der Waals surface area (Å²) in [5.41, 5.74) is 8.24. The van der Waals surface area contributed by atoms with Gasteiger partial charge in [0.15, 0.2) is 0 Å². The molecule has 30 heavy (non-hydrogen) atoms. The number of primary amides is 1. The minimum atomic E-state index is -0.593. The van der Waals surface area contributed by atoms with Crippen LogP contribution in [0.4, 0.5) is 0 Å². The molecule has 0 aliphatic heterocycles. The van der Waals surface area contributed by atoms with Gasteiger partial charge in [0.2, 0.25) is 11.8 Å². The SMILES string of the molecule is C=N/C(=C\SCNCCCCC(NC(C)=O)C(N)=O)c1ccc(-n2cccc2)cc1. The van der Waals surface area contributed by atoms with Crippen LogP contribution in [-0.4, -0.2) is 41.6 Å². The topological polar surface area (TPSA) is 102 Å². The summed E-state index contributed by atoms with van der Waals surface area (Å²) < 4.78 is 2.05. The van der Waals surface area contributed by atoms with Crippen LogP contribution in [0.25, 0.3) is 11.4 Å². The molecule has 0 spiro atoms. The molecule has 1 aromatic carbocycles. The number of nitrogens with one attached hydrogen (secondary N) is 2. The Hall–Kier alpha value is -2.84. The molecule has 1 unspecified atom stereocenters. The molecule has 1 atom stereocenters. The molecule has 0 aliphatic rings. The Balaban J connectivity index is 1.69. The van der Waals surface area contributed by atoms with Gasteiger partial charge in [-0.2, -0.15) is 0 Å². The molecule has 2 amide bonds. The van der Waals surface area contributed by atoms with Gasteiger partial charge >= 0.3 is 0 Å². The zero-order valence-electron chi connectivity index (χ0n) is 17.2. The number of nitrogens with zero attached hydrogens (tertiary/aromatic N) is 2. The third-order valence-corrected chi connectivity index (χ3v) is 5.19. The van der Waals surface area contributed by atoms with E-state index >= 15 is 0 Å². The van der Waals surface area contributed by atoms with Gasteiger partial charge in [0.25, 0.3) is 0 Å². The highest BCUT2D eigenvalue weighted by atomic mass is 32.2. The lowest BCUT2D eigenvalue weighted by Gasteiger charge is -2.13. The molecule has 1 aromatic heterocycles. The Morgan fingerprint density at radius 3 is 2.53 bits per heavy atom. The Labute approximate surface area is 181 Å². The van der Waals surface area contributed by atoms with Gasteiger partial charge in [0.05, 0.1) is 5.70 Å². The normalized spacial score (nSPS) is 12.4. The van der Waals surface area contributed by atoms with E-state index in [1.807, 2.05) is 42.1 Å². The fourth-order valence-electron chi connectivity index (χ4n) is 2.89. The number of nitrogens with two attached hydrogens (primary N) is 1. The minimum Gasteiger partial charge on any atom is -0.368 e. The van der Waals surface area contributed by atoms with Gasteiger partial charge in [-0.25, -0.2) is 0 Å². The lowest BCUT2D eigenvalue weighted by molar-refractivity contribution is -0.126. The molecule has 160 valence electrons. The van der Waals surface area contributed by atoms with Gasteiger partial charge in [0, 0.05) is 36.4 Å². The van der Waals surface area contributed by atoms with Crippen LogP contribution in [0.15, 0.2) is 59.2 Å². The average Bonchev–Trinajstić information content (AvgIpc) is 3.26. The van der Waals surface area contributed by atoms with E-state index in [0.29, 0.717) is 6.42 Å². The van der Waals surface area contributed by atoms with Gasteiger partial charge in [-0.1, -0.05) is 12.1 Å². The first-order valence-electron chi connectivity index (χ1n) is 9.80. The van der Waals surface area contributed by atoms with Gasteiger partial charge in [-0.3, -0.25) is 14.6 Å². The zero-order chi connectivity index (χ0) is 21.8. The molecule has 0 aliphatic carbocycles. The summed E-state index contributed by atoms with van der Waals surface area (Å²) in [4.78, 5) is 26.5. The van der Waals surface area contributed by atoms with E-state index in [0.717, 1.165) is 42.2 Å². The average molecular weight is 428 g/mol. The Morgan fingerprint density at radius 1 is 1.23 bits per heavy atom. The molecule has 2 rings (SSSR count). The van der Waals surface area contributed by atoms with E-state index in [2.05, 4.69) is 39.0 Å². The van der Waals surface area contributed by atoms with Crippen molar-refractivity contribution in [2.45, 2.75) is 32.2 Å². The third-order valence-electron chi connectivity index (χ3n) is 4.43. The van der Waals surface area contributed by atoms with E-state index in [-0.39, 0.29) is 5.91 Å². The molecule has 7 nitrogen and oxygen atoms in total. The van der Waals surface area contributed by atoms with Crippen molar-refractivity contribution < 1.29 is 9.59 Å². The van der Waals surface area contributed by atoms with Gasteiger partial charge in [-0.05, 0) is 62.2 Å². The standard InChI is InChI=1S/C22H29N5O2S/c1-17(28)26-20(22(23)29)7-3-4-12-25-16-30-15-21(24-2)18-8-10-19(11-9-18)27-13-5-6-14-27/h5-6,8-11,13-15,20,25H,2-4,7,12,16H2,1H3,(H2,23,29)(H,26,28)/b21-15-. The number of rotatable bonds is 13. The number of aliphatic imine (C=N–C) groups is 1. The van der Waals surface area contributed by atoms with E-state index in [4.69, 9.17) is 5.73 Å². The fourth-order valence-corrected chi connectivity index (χ4v) is 3.60. The number of thioether (sulfide) groups is 1. The maximum atomic E-state index is 11.3. The monoisotopic (exact) mass is 427 g/mol. The van der Waals surface area contributed by atoms with Crippen LogP contribution in [0.3, 0.4) is 0 Å². The first kappa shape index (κ1) is 23.4. The summed E-state index contributed by atoms with van der Waals surface area (Å²) in [5.74, 6) is 0.00149. The van der Waals surface area contributed by atoms with E-state index in [1.165, 1.54) is 6.92 Å². The lowest BCUT2D eigenvalue weighted by atomic mass is 10.1. The second kappa shape index (κ2) is 12.7. The Kier molecular flexibility index (Phi) is 9.90. The number of aromatic nitrogens is 1. The van der Waals surface area contributed by atoms with E-state index in [1.54, 1.807) is 11.8 Å². The molecule has 0 bridgehead atoms. The molecule has 8 heteroatoms. The Morgan fingerprint density at radius 2 is 1.93 bits per heavy atom. The molecule has 0 fully saturated rings. The van der Waals surface area contributed by atoms with Crippen molar-refractivity contribution in [2.75, 3.05) is 12.4 Å². The number of hydrogen-bond donors (Lipinski definition) is 3. The largest absolute Gasteiger partial charge is 0.368 e. The van der Waals surface area contributed by atoms with Crippen molar-refractivity contribution in [3.05, 3.63) is 59.8 Å². The molecular formula is C22H29N5O2S. The van der Waals surface area contributed by atoms with Crippen LogP contribution in [0, 0.1) is 0 Å².